The number of carbonyl (C=O) groups excluding carboxylic acids is 1. The number of primary amides is 1. The van der Waals surface area contributed by atoms with Crippen LogP contribution >= 0.6 is 0 Å². The number of hydrogen-bond acceptors (Lipinski definition) is 3. The van der Waals surface area contributed by atoms with E-state index in [4.69, 9.17) is 5.73 Å². The van der Waals surface area contributed by atoms with Gasteiger partial charge in [0.15, 0.2) is 0 Å². The highest BCUT2D eigenvalue weighted by atomic mass is 19.4. The van der Waals surface area contributed by atoms with Gasteiger partial charge in [-0.25, -0.2) is 4.98 Å². The van der Waals surface area contributed by atoms with Gasteiger partial charge in [0.2, 0.25) is 5.91 Å². The fourth-order valence-corrected chi connectivity index (χ4v) is 2.73. The summed E-state index contributed by atoms with van der Waals surface area (Å²) in [6.07, 6.45) is -5.91. The van der Waals surface area contributed by atoms with Crippen LogP contribution < -0.4 is 5.73 Å². The molecule has 0 saturated heterocycles. The van der Waals surface area contributed by atoms with Gasteiger partial charge in [0, 0.05) is 17.4 Å². The lowest BCUT2D eigenvalue weighted by Crippen LogP contribution is -2.30. The number of aliphatic hydroxyl groups excluding tert-OH is 1. The highest BCUT2D eigenvalue weighted by Gasteiger charge is 2.30. The van der Waals surface area contributed by atoms with Gasteiger partial charge < -0.3 is 10.8 Å². The quantitative estimate of drug-likeness (QED) is 0.749. The summed E-state index contributed by atoms with van der Waals surface area (Å²) in [7, 11) is 0. The molecule has 0 bridgehead atoms. The topological polar surface area (TPSA) is 76.2 Å². The minimum Gasteiger partial charge on any atom is -0.383 e. The molecule has 1 unspecified atom stereocenters. The molecule has 1 heterocycles. The van der Waals surface area contributed by atoms with Gasteiger partial charge in [0.25, 0.3) is 0 Å². The first-order chi connectivity index (χ1) is 12.3. The third-order valence-corrected chi connectivity index (χ3v) is 4.03. The summed E-state index contributed by atoms with van der Waals surface area (Å²) in [5.74, 6) is -0.869. The van der Waals surface area contributed by atoms with Crippen LogP contribution in [0.1, 0.15) is 11.1 Å². The first-order valence-corrected chi connectivity index (χ1v) is 7.79. The lowest BCUT2D eigenvalue weighted by Gasteiger charge is -2.13. The van der Waals surface area contributed by atoms with Crippen LogP contribution in [0.25, 0.3) is 22.2 Å². The lowest BCUT2D eigenvalue weighted by molar-refractivity contribution is -0.137. The molecule has 0 aliphatic rings. The molecular formula is C19H15F3N2O2. The van der Waals surface area contributed by atoms with E-state index >= 15 is 0 Å². The zero-order valence-corrected chi connectivity index (χ0v) is 13.5. The predicted octanol–water partition coefficient (Wildman–Crippen LogP) is 3.31. The molecule has 2 aromatic carbocycles. The van der Waals surface area contributed by atoms with Crippen molar-refractivity contribution in [2.75, 3.05) is 0 Å². The van der Waals surface area contributed by atoms with Crippen molar-refractivity contribution in [2.24, 2.45) is 5.73 Å². The fourth-order valence-electron chi connectivity index (χ4n) is 2.73. The lowest BCUT2D eigenvalue weighted by atomic mass is 9.99. The number of halogens is 3. The highest BCUT2D eigenvalue weighted by Crippen LogP contribution is 2.33. The number of aromatic nitrogens is 1. The van der Waals surface area contributed by atoms with Gasteiger partial charge in [-0.2, -0.15) is 13.2 Å². The molecular weight excluding hydrogens is 345 g/mol. The number of rotatable bonds is 4. The number of amides is 1. The van der Waals surface area contributed by atoms with Gasteiger partial charge >= 0.3 is 6.18 Å². The number of carbonyl (C=O) groups is 1. The second kappa shape index (κ2) is 6.76. The summed E-state index contributed by atoms with van der Waals surface area (Å²) in [6, 6.07) is 13.4. The van der Waals surface area contributed by atoms with E-state index in [9.17, 15) is 23.1 Å². The molecule has 3 N–H and O–H groups in total. The number of para-hydroxylation sites is 1. The van der Waals surface area contributed by atoms with Crippen molar-refractivity contribution in [1.82, 2.24) is 4.98 Å². The zero-order valence-electron chi connectivity index (χ0n) is 13.5. The second-order valence-corrected chi connectivity index (χ2v) is 5.88. The van der Waals surface area contributed by atoms with Crippen molar-refractivity contribution >= 4 is 16.8 Å². The number of alkyl halides is 3. The number of nitrogens with two attached hydrogens (primary N) is 1. The molecule has 0 aliphatic heterocycles. The molecule has 0 saturated carbocycles. The summed E-state index contributed by atoms with van der Waals surface area (Å²) in [6.45, 7) is 0. The smallest absolute Gasteiger partial charge is 0.383 e. The highest BCUT2D eigenvalue weighted by molar-refractivity contribution is 5.86. The third kappa shape index (κ3) is 3.67. The zero-order chi connectivity index (χ0) is 18.9. The molecule has 0 fully saturated rings. The molecule has 4 nitrogen and oxygen atoms in total. The maximum Gasteiger partial charge on any atom is 0.416 e. The van der Waals surface area contributed by atoms with E-state index in [1.807, 2.05) is 0 Å². The van der Waals surface area contributed by atoms with Crippen LogP contribution in [0.3, 0.4) is 0 Å². The monoisotopic (exact) mass is 360 g/mol. The number of pyridine rings is 1. The minimum atomic E-state index is -4.46. The Bertz CT molecular complexity index is 970. The Labute approximate surface area is 147 Å². The first kappa shape index (κ1) is 17.9. The number of benzene rings is 2. The van der Waals surface area contributed by atoms with Crippen LogP contribution in [0, 0.1) is 0 Å². The largest absolute Gasteiger partial charge is 0.416 e. The number of nitrogens with zero attached hydrogens (tertiary/aromatic N) is 1. The Morgan fingerprint density at radius 3 is 2.54 bits per heavy atom. The molecule has 3 aromatic rings. The number of aliphatic hydroxyl groups is 1. The Kier molecular flexibility index (Phi) is 4.65. The average Bonchev–Trinajstić information content (AvgIpc) is 2.61. The molecule has 26 heavy (non-hydrogen) atoms. The van der Waals surface area contributed by atoms with E-state index in [1.165, 1.54) is 12.1 Å². The maximum atomic E-state index is 13.0. The van der Waals surface area contributed by atoms with Crippen molar-refractivity contribution in [2.45, 2.75) is 18.7 Å². The first-order valence-electron chi connectivity index (χ1n) is 7.79. The summed E-state index contributed by atoms with van der Waals surface area (Å²) >= 11 is 0. The van der Waals surface area contributed by atoms with E-state index in [0.717, 1.165) is 12.1 Å². The normalized spacial score (nSPS) is 12.9. The van der Waals surface area contributed by atoms with E-state index in [2.05, 4.69) is 4.98 Å². The molecule has 1 amide bonds. The van der Waals surface area contributed by atoms with Gasteiger partial charge in [0.05, 0.1) is 16.8 Å². The molecule has 1 atom stereocenters. The Morgan fingerprint density at radius 1 is 1.12 bits per heavy atom. The summed E-state index contributed by atoms with van der Waals surface area (Å²) in [5.41, 5.74) is 6.08. The second-order valence-electron chi connectivity index (χ2n) is 5.88. The molecule has 1 aromatic heterocycles. The summed E-state index contributed by atoms with van der Waals surface area (Å²) < 4.78 is 38.9. The molecule has 7 heteroatoms. The van der Waals surface area contributed by atoms with Crippen molar-refractivity contribution in [1.29, 1.82) is 0 Å². The van der Waals surface area contributed by atoms with Crippen LogP contribution in [0.15, 0.2) is 54.6 Å². The molecule has 0 radical (unpaired) electrons. The van der Waals surface area contributed by atoms with Gasteiger partial charge in [0.1, 0.15) is 6.10 Å². The SMILES string of the molecule is NC(=O)C(O)Cc1cc(-c2cccc(C(F)(F)F)c2)nc2ccccc12. The van der Waals surface area contributed by atoms with Gasteiger partial charge in [-0.3, -0.25) is 4.79 Å². The maximum absolute atomic E-state index is 13.0. The van der Waals surface area contributed by atoms with E-state index in [0.29, 0.717) is 27.7 Å². The van der Waals surface area contributed by atoms with Crippen LogP contribution in [0.5, 0.6) is 0 Å². The fraction of sp³-hybridized carbons (Fsp3) is 0.158. The van der Waals surface area contributed by atoms with Crippen molar-refractivity contribution < 1.29 is 23.1 Å². The van der Waals surface area contributed by atoms with Gasteiger partial charge in [-0.1, -0.05) is 30.3 Å². The summed E-state index contributed by atoms with van der Waals surface area (Å²) in [5, 5.41) is 10.5. The van der Waals surface area contributed by atoms with E-state index < -0.39 is 23.8 Å². The number of fused-ring (bicyclic) bond motifs is 1. The van der Waals surface area contributed by atoms with Crippen molar-refractivity contribution in [3.63, 3.8) is 0 Å². The third-order valence-electron chi connectivity index (χ3n) is 4.03. The molecule has 0 spiro atoms. The standard InChI is InChI=1S/C19H15F3N2O2/c20-19(21,22)13-5-3-4-11(8-13)16-9-12(10-17(25)18(23)26)14-6-1-2-7-15(14)24-16/h1-9,17,25H,10H2,(H2,23,26). The summed E-state index contributed by atoms with van der Waals surface area (Å²) in [4.78, 5) is 15.6. The van der Waals surface area contributed by atoms with Crippen LogP contribution in [-0.2, 0) is 17.4 Å². The van der Waals surface area contributed by atoms with Gasteiger partial charge in [-0.15, -0.1) is 0 Å². The van der Waals surface area contributed by atoms with Crippen LogP contribution in [-0.4, -0.2) is 22.1 Å². The molecule has 134 valence electrons. The Hall–Kier alpha value is -2.93. The van der Waals surface area contributed by atoms with Crippen molar-refractivity contribution in [3.05, 3.63) is 65.7 Å². The van der Waals surface area contributed by atoms with E-state index in [1.54, 1.807) is 30.3 Å². The Morgan fingerprint density at radius 2 is 1.85 bits per heavy atom. The van der Waals surface area contributed by atoms with E-state index in [-0.39, 0.29) is 6.42 Å². The molecule has 0 aliphatic carbocycles. The Balaban J connectivity index is 2.14. The number of hydrogen-bond donors (Lipinski definition) is 2. The van der Waals surface area contributed by atoms with Crippen LogP contribution in [0.2, 0.25) is 0 Å². The average molecular weight is 360 g/mol. The van der Waals surface area contributed by atoms with Crippen molar-refractivity contribution in [3.8, 4) is 11.3 Å². The van der Waals surface area contributed by atoms with Crippen LogP contribution in [0.4, 0.5) is 13.2 Å². The molecule has 3 rings (SSSR count). The minimum absolute atomic E-state index is 0.0513. The van der Waals surface area contributed by atoms with Gasteiger partial charge in [-0.05, 0) is 29.8 Å². The predicted molar refractivity (Wildman–Crippen MR) is 91.1 cm³/mol.